The van der Waals surface area contributed by atoms with Crippen molar-refractivity contribution >= 4 is 17.3 Å². The number of likely N-dealkylation sites (N-methyl/N-ethyl adjacent to an activating group) is 1. The van der Waals surface area contributed by atoms with Gasteiger partial charge in [0.25, 0.3) is 0 Å². The number of halogens is 1. The molecule has 0 spiro atoms. The fourth-order valence-electron chi connectivity index (χ4n) is 3.12. The Morgan fingerprint density at radius 2 is 2.00 bits per heavy atom. The summed E-state index contributed by atoms with van der Waals surface area (Å²) in [7, 11) is 2.20. The summed E-state index contributed by atoms with van der Waals surface area (Å²) in [5, 5.41) is 4.40. The minimum absolute atomic E-state index is 0.606. The van der Waals surface area contributed by atoms with Crippen molar-refractivity contribution in [3.8, 4) is 0 Å². The first-order valence-corrected chi connectivity index (χ1v) is 7.46. The molecule has 0 aliphatic carbocycles. The summed E-state index contributed by atoms with van der Waals surface area (Å²) in [6.45, 7) is 9.06. The summed E-state index contributed by atoms with van der Waals surface area (Å²) in [5.74, 6) is 0.606. The van der Waals surface area contributed by atoms with Gasteiger partial charge in [0.1, 0.15) is 0 Å². The minimum atomic E-state index is 0.606. The zero-order valence-electron chi connectivity index (χ0n) is 11.7. The molecule has 3 rings (SSSR count). The third-order valence-corrected chi connectivity index (χ3v) is 4.88. The first-order valence-electron chi connectivity index (χ1n) is 7.09. The highest BCUT2D eigenvalue weighted by atomic mass is 35.5. The van der Waals surface area contributed by atoms with Crippen LogP contribution in [0.3, 0.4) is 0 Å². The van der Waals surface area contributed by atoms with Crippen LogP contribution in [0.25, 0.3) is 0 Å². The molecule has 1 aromatic carbocycles. The molecule has 0 saturated carbocycles. The molecular weight excluding hydrogens is 258 g/mol. The Bertz CT molecular complexity index is 467. The molecule has 1 atom stereocenters. The molecule has 0 amide bonds. The van der Waals surface area contributed by atoms with Crippen LogP contribution < -0.4 is 5.32 Å². The largest absolute Gasteiger partial charge is 0.384 e. The van der Waals surface area contributed by atoms with Gasteiger partial charge in [-0.1, -0.05) is 17.7 Å². The summed E-state index contributed by atoms with van der Waals surface area (Å²) in [4.78, 5) is 4.99. The van der Waals surface area contributed by atoms with Gasteiger partial charge >= 0.3 is 0 Å². The van der Waals surface area contributed by atoms with Crippen LogP contribution in [0.2, 0.25) is 5.02 Å². The first-order chi connectivity index (χ1) is 9.15. The summed E-state index contributed by atoms with van der Waals surface area (Å²) in [6.07, 6.45) is 0. The molecule has 1 aromatic rings. The predicted molar refractivity (Wildman–Crippen MR) is 81.4 cm³/mol. The van der Waals surface area contributed by atoms with E-state index in [1.165, 1.54) is 43.0 Å². The summed E-state index contributed by atoms with van der Waals surface area (Å²) in [5.41, 5.74) is 3.91. The number of hydrogen-bond donors (Lipinski definition) is 1. The minimum Gasteiger partial charge on any atom is -0.384 e. The van der Waals surface area contributed by atoms with Crippen LogP contribution in [0.15, 0.2) is 12.1 Å². The van der Waals surface area contributed by atoms with Crippen LogP contribution in [0.1, 0.15) is 17.0 Å². The van der Waals surface area contributed by atoms with Gasteiger partial charge in [-0.15, -0.1) is 0 Å². The monoisotopic (exact) mass is 279 g/mol. The van der Waals surface area contributed by atoms with Crippen LogP contribution in [0.5, 0.6) is 0 Å². The Kier molecular flexibility index (Phi) is 3.70. The van der Waals surface area contributed by atoms with E-state index >= 15 is 0 Å². The number of anilines is 1. The number of nitrogens with one attached hydrogen (secondary N) is 1. The molecule has 0 radical (unpaired) electrons. The maximum absolute atomic E-state index is 6.19. The molecule has 0 bridgehead atoms. The maximum Gasteiger partial charge on any atom is 0.0455 e. The van der Waals surface area contributed by atoms with E-state index in [9.17, 15) is 0 Å². The Morgan fingerprint density at radius 3 is 2.74 bits per heavy atom. The molecule has 19 heavy (non-hydrogen) atoms. The molecular formula is C15H22ClN3. The highest BCUT2D eigenvalue weighted by molar-refractivity contribution is 6.31. The molecule has 1 fully saturated rings. The second kappa shape index (κ2) is 5.31. The van der Waals surface area contributed by atoms with E-state index in [4.69, 9.17) is 11.6 Å². The van der Waals surface area contributed by atoms with Crippen LogP contribution in [-0.2, 0) is 0 Å². The number of piperazine rings is 1. The van der Waals surface area contributed by atoms with Gasteiger partial charge in [0.2, 0.25) is 0 Å². The zero-order chi connectivity index (χ0) is 13.4. The van der Waals surface area contributed by atoms with Gasteiger partial charge in [-0.05, 0) is 31.2 Å². The van der Waals surface area contributed by atoms with Gasteiger partial charge < -0.3 is 15.1 Å². The van der Waals surface area contributed by atoms with E-state index in [0.717, 1.165) is 18.1 Å². The van der Waals surface area contributed by atoms with Crippen molar-refractivity contribution in [3.05, 3.63) is 28.3 Å². The molecule has 4 heteroatoms. The van der Waals surface area contributed by atoms with E-state index in [0.29, 0.717) is 5.92 Å². The van der Waals surface area contributed by atoms with Crippen LogP contribution in [0, 0.1) is 6.92 Å². The van der Waals surface area contributed by atoms with Gasteiger partial charge in [0, 0.05) is 55.9 Å². The lowest BCUT2D eigenvalue weighted by molar-refractivity contribution is 0.149. The Balaban J connectivity index is 1.71. The van der Waals surface area contributed by atoms with Gasteiger partial charge in [0.15, 0.2) is 0 Å². The van der Waals surface area contributed by atoms with E-state index < -0.39 is 0 Å². The predicted octanol–water partition coefficient (Wildman–Crippen LogP) is 2.40. The van der Waals surface area contributed by atoms with E-state index in [2.05, 4.69) is 35.2 Å². The molecule has 104 valence electrons. The molecule has 1 unspecified atom stereocenters. The number of fused-ring (bicyclic) bond motifs is 1. The highest BCUT2D eigenvalue weighted by Gasteiger charge is 2.27. The second-order valence-corrected chi connectivity index (χ2v) is 6.23. The fourth-order valence-corrected chi connectivity index (χ4v) is 3.28. The number of benzene rings is 1. The van der Waals surface area contributed by atoms with Crippen molar-refractivity contribution in [2.45, 2.75) is 12.8 Å². The molecule has 0 aromatic heterocycles. The van der Waals surface area contributed by atoms with Gasteiger partial charge in [-0.2, -0.15) is 0 Å². The smallest absolute Gasteiger partial charge is 0.0455 e. The molecule has 2 aliphatic rings. The Morgan fingerprint density at radius 1 is 1.26 bits per heavy atom. The number of rotatable bonds is 2. The molecule has 3 nitrogen and oxygen atoms in total. The van der Waals surface area contributed by atoms with Gasteiger partial charge in [0.05, 0.1) is 0 Å². The van der Waals surface area contributed by atoms with Crippen molar-refractivity contribution in [3.63, 3.8) is 0 Å². The Hall–Kier alpha value is -0.770. The van der Waals surface area contributed by atoms with E-state index in [1.54, 1.807) is 0 Å². The zero-order valence-corrected chi connectivity index (χ0v) is 12.5. The standard InChI is InChI=1S/C15H22ClN3/c1-11-14(16)4-3-13-12(9-17-15(11)13)10-19-7-5-18(2)6-8-19/h3-4,12,17H,5-10H2,1-2H3. The van der Waals surface area contributed by atoms with Gasteiger partial charge in [-0.25, -0.2) is 0 Å². The fraction of sp³-hybridized carbons (Fsp3) is 0.600. The Labute approximate surface area is 120 Å². The van der Waals surface area contributed by atoms with Crippen LogP contribution in [0.4, 0.5) is 5.69 Å². The normalized spacial score (nSPS) is 24.3. The summed E-state index contributed by atoms with van der Waals surface area (Å²) >= 11 is 6.19. The lowest BCUT2D eigenvalue weighted by Gasteiger charge is -2.33. The van der Waals surface area contributed by atoms with Crippen molar-refractivity contribution in [1.82, 2.24) is 9.80 Å². The van der Waals surface area contributed by atoms with Gasteiger partial charge in [-0.3, -0.25) is 0 Å². The van der Waals surface area contributed by atoms with Crippen molar-refractivity contribution in [2.24, 2.45) is 0 Å². The SMILES string of the molecule is Cc1c(Cl)ccc2c1NCC2CN1CCN(C)CC1. The summed E-state index contributed by atoms with van der Waals surface area (Å²) < 4.78 is 0. The maximum atomic E-state index is 6.19. The lowest BCUT2D eigenvalue weighted by Crippen LogP contribution is -2.45. The average molecular weight is 280 g/mol. The van der Waals surface area contributed by atoms with Crippen molar-refractivity contribution < 1.29 is 0 Å². The third-order valence-electron chi connectivity index (χ3n) is 4.47. The molecule has 1 N–H and O–H groups in total. The highest BCUT2D eigenvalue weighted by Crippen LogP contribution is 2.37. The second-order valence-electron chi connectivity index (χ2n) is 5.82. The quantitative estimate of drug-likeness (QED) is 0.897. The number of nitrogens with zero attached hydrogens (tertiary/aromatic N) is 2. The first kappa shape index (κ1) is 13.2. The summed E-state index contributed by atoms with van der Waals surface area (Å²) in [6, 6.07) is 4.24. The van der Waals surface area contributed by atoms with Crippen molar-refractivity contribution in [2.75, 3.05) is 51.6 Å². The molecule has 1 saturated heterocycles. The third kappa shape index (κ3) is 2.60. The topological polar surface area (TPSA) is 18.5 Å². The van der Waals surface area contributed by atoms with E-state index in [1.807, 2.05) is 6.07 Å². The molecule has 2 aliphatic heterocycles. The van der Waals surface area contributed by atoms with Crippen molar-refractivity contribution in [1.29, 1.82) is 0 Å². The average Bonchev–Trinajstić information content (AvgIpc) is 2.80. The van der Waals surface area contributed by atoms with Crippen LogP contribution in [-0.4, -0.2) is 56.1 Å². The van der Waals surface area contributed by atoms with Crippen LogP contribution >= 0.6 is 11.6 Å². The van der Waals surface area contributed by atoms with E-state index in [-0.39, 0.29) is 0 Å². The lowest BCUT2D eigenvalue weighted by atomic mass is 9.98. The molecule has 2 heterocycles. The number of hydrogen-bond acceptors (Lipinski definition) is 3.